The van der Waals surface area contributed by atoms with Crippen molar-refractivity contribution in [3.63, 3.8) is 0 Å². The van der Waals surface area contributed by atoms with Crippen LogP contribution in [-0.4, -0.2) is 41.8 Å². The van der Waals surface area contributed by atoms with E-state index in [1.165, 1.54) is 61.9 Å². The van der Waals surface area contributed by atoms with Crippen LogP contribution in [0.25, 0.3) is 0 Å². The van der Waals surface area contributed by atoms with Gasteiger partial charge in [0, 0.05) is 23.5 Å². The maximum atomic E-state index is 6.48. The molecule has 1 aromatic carbocycles. The lowest BCUT2D eigenvalue weighted by molar-refractivity contribution is 0.118. The number of hydrogen-bond donors (Lipinski definition) is 2. The summed E-state index contributed by atoms with van der Waals surface area (Å²) in [6.07, 6.45) is 15.0. The third-order valence-electron chi connectivity index (χ3n) is 6.94. The minimum atomic E-state index is 0.202. The minimum absolute atomic E-state index is 0.202. The van der Waals surface area contributed by atoms with Crippen LogP contribution in [0.2, 0.25) is 0 Å². The molecule has 154 valence electrons. The lowest BCUT2D eigenvalue weighted by Gasteiger charge is -2.46. The van der Waals surface area contributed by atoms with Crippen LogP contribution in [0, 0.1) is 5.92 Å². The van der Waals surface area contributed by atoms with Crippen molar-refractivity contribution in [1.29, 1.82) is 0 Å². The van der Waals surface area contributed by atoms with E-state index in [9.17, 15) is 0 Å². The zero-order chi connectivity index (χ0) is 19.3. The summed E-state index contributed by atoms with van der Waals surface area (Å²) in [7, 11) is 0. The second-order valence-corrected chi connectivity index (χ2v) is 9.59. The smallest absolute Gasteiger partial charge is 0.199 e. The highest BCUT2D eigenvalue weighted by atomic mass is 32.2. The predicted octanol–water partition coefficient (Wildman–Crippen LogP) is 5.10. The molecule has 4 nitrogen and oxygen atoms in total. The van der Waals surface area contributed by atoms with Crippen molar-refractivity contribution < 1.29 is 0 Å². The Labute approximate surface area is 174 Å². The first-order chi connectivity index (χ1) is 13.8. The van der Waals surface area contributed by atoms with Crippen LogP contribution in [0.5, 0.6) is 0 Å². The zero-order valence-electron chi connectivity index (χ0n) is 17.3. The van der Waals surface area contributed by atoms with Crippen LogP contribution in [0.15, 0.2) is 34.2 Å². The average molecular weight is 401 g/mol. The molecule has 0 amide bonds. The van der Waals surface area contributed by atoms with Gasteiger partial charge in [0.05, 0.1) is 11.7 Å². The number of aliphatic imine (C=N–C) groups is 1. The van der Waals surface area contributed by atoms with Gasteiger partial charge in [-0.1, -0.05) is 37.8 Å². The number of rotatable bonds is 3. The predicted molar refractivity (Wildman–Crippen MR) is 121 cm³/mol. The minimum Gasteiger partial charge on any atom is -0.339 e. The summed E-state index contributed by atoms with van der Waals surface area (Å²) in [5.74, 6) is 1.92. The molecule has 1 saturated heterocycles. The zero-order valence-corrected chi connectivity index (χ0v) is 18.1. The van der Waals surface area contributed by atoms with Crippen LogP contribution in [0.1, 0.15) is 64.2 Å². The van der Waals surface area contributed by atoms with Crippen LogP contribution < -0.4 is 11.1 Å². The fourth-order valence-electron chi connectivity index (χ4n) is 5.39. The molecule has 28 heavy (non-hydrogen) atoms. The maximum Gasteiger partial charge on any atom is 0.199 e. The van der Waals surface area contributed by atoms with Crippen molar-refractivity contribution in [3.05, 3.63) is 24.3 Å². The molecular weight excluding hydrogens is 364 g/mol. The molecule has 2 unspecified atom stereocenters. The van der Waals surface area contributed by atoms with E-state index in [1.54, 1.807) is 11.8 Å². The van der Waals surface area contributed by atoms with Crippen LogP contribution in [-0.2, 0) is 0 Å². The molecule has 4 atom stereocenters. The van der Waals surface area contributed by atoms with Crippen LogP contribution in [0.3, 0.4) is 0 Å². The molecule has 0 bridgehead atoms. The lowest BCUT2D eigenvalue weighted by Crippen LogP contribution is -2.52. The van der Waals surface area contributed by atoms with E-state index < -0.39 is 0 Å². The third-order valence-corrected chi connectivity index (χ3v) is 7.73. The van der Waals surface area contributed by atoms with Gasteiger partial charge in [-0.2, -0.15) is 0 Å². The molecule has 5 heteroatoms. The molecule has 1 heterocycles. The van der Waals surface area contributed by atoms with Gasteiger partial charge in [0.25, 0.3) is 0 Å². The van der Waals surface area contributed by atoms with E-state index in [4.69, 9.17) is 10.7 Å². The van der Waals surface area contributed by atoms with Gasteiger partial charge in [-0.05, 0) is 62.8 Å². The Morgan fingerprint density at radius 1 is 1.04 bits per heavy atom. The molecule has 0 spiro atoms. The Morgan fingerprint density at radius 3 is 2.64 bits per heavy atom. The molecule has 3 aliphatic rings. The van der Waals surface area contributed by atoms with Gasteiger partial charge in [0.2, 0.25) is 0 Å². The fourth-order valence-corrected chi connectivity index (χ4v) is 5.95. The fraction of sp³-hybridized carbons (Fsp3) is 0.696. The summed E-state index contributed by atoms with van der Waals surface area (Å²) < 4.78 is 0. The van der Waals surface area contributed by atoms with E-state index in [-0.39, 0.29) is 12.1 Å². The van der Waals surface area contributed by atoms with Crippen molar-refractivity contribution in [1.82, 2.24) is 4.90 Å². The number of piperidine rings is 1. The van der Waals surface area contributed by atoms with Gasteiger partial charge in [0.1, 0.15) is 0 Å². The quantitative estimate of drug-likeness (QED) is 0.421. The largest absolute Gasteiger partial charge is 0.339 e. The first kappa shape index (κ1) is 20.1. The highest BCUT2D eigenvalue weighted by Gasteiger charge is 2.35. The van der Waals surface area contributed by atoms with Crippen LogP contribution in [0.4, 0.5) is 5.69 Å². The number of para-hydroxylation sites is 1. The van der Waals surface area contributed by atoms with Crippen LogP contribution >= 0.6 is 11.8 Å². The monoisotopic (exact) mass is 400 g/mol. The first-order valence-corrected chi connectivity index (χ1v) is 12.5. The normalized spacial score (nSPS) is 31.4. The number of anilines is 1. The van der Waals surface area contributed by atoms with E-state index in [0.717, 1.165) is 31.3 Å². The van der Waals surface area contributed by atoms with E-state index in [0.29, 0.717) is 6.04 Å². The topological polar surface area (TPSA) is 53.6 Å². The number of thioether (sulfide) groups is 1. The summed E-state index contributed by atoms with van der Waals surface area (Å²) in [6.45, 7) is 1.12. The van der Waals surface area contributed by atoms with Gasteiger partial charge in [-0.3, -0.25) is 0 Å². The molecule has 1 aromatic rings. The molecular formula is C23H36N4S. The van der Waals surface area contributed by atoms with Gasteiger partial charge in [0.15, 0.2) is 5.96 Å². The number of nitrogens with one attached hydrogen (secondary N) is 1. The summed E-state index contributed by atoms with van der Waals surface area (Å²) in [4.78, 5) is 9.19. The lowest BCUT2D eigenvalue weighted by atomic mass is 9.78. The van der Waals surface area contributed by atoms with Gasteiger partial charge < -0.3 is 16.0 Å². The Morgan fingerprint density at radius 2 is 1.79 bits per heavy atom. The summed E-state index contributed by atoms with van der Waals surface area (Å²) in [5.41, 5.74) is 7.66. The summed E-state index contributed by atoms with van der Waals surface area (Å²) in [6, 6.07) is 9.71. The summed E-state index contributed by atoms with van der Waals surface area (Å²) >= 11 is 1.79. The number of guanidine groups is 1. The van der Waals surface area contributed by atoms with Crippen molar-refractivity contribution in [2.45, 2.75) is 87.2 Å². The van der Waals surface area contributed by atoms with Gasteiger partial charge >= 0.3 is 0 Å². The second kappa shape index (κ2) is 9.53. The molecule has 3 N–H and O–H groups in total. The Balaban J connectivity index is 1.64. The number of benzene rings is 1. The van der Waals surface area contributed by atoms with Gasteiger partial charge in [-0.15, -0.1) is 11.8 Å². The molecule has 1 aliphatic heterocycles. The number of fused-ring (bicyclic) bond motifs is 1. The average Bonchev–Trinajstić information content (AvgIpc) is 2.75. The van der Waals surface area contributed by atoms with Crippen molar-refractivity contribution in [2.75, 3.05) is 18.1 Å². The Kier molecular flexibility index (Phi) is 6.84. The molecule has 4 rings (SSSR count). The maximum absolute atomic E-state index is 6.48. The molecule has 2 aliphatic carbocycles. The number of nitrogens with two attached hydrogens (primary N) is 1. The standard InChI is InChI=1S/C23H36N4S/c1-28-22-15-7-5-13-20(22)26-23(25-19-12-4-3-11-18(19)24)27-16-8-10-17-9-2-6-14-21(17)27/h5,7,13,15,17-19,21H,2-4,6,8-12,14,16,24H2,1H3,(H,25,26)/t17?,18-,19-,21?/m0/s1. The molecule has 2 saturated carbocycles. The summed E-state index contributed by atoms with van der Waals surface area (Å²) in [5, 5.41) is 3.77. The van der Waals surface area contributed by atoms with E-state index in [1.807, 2.05) is 0 Å². The van der Waals surface area contributed by atoms with Crippen molar-refractivity contribution >= 4 is 23.4 Å². The molecule has 0 radical (unpaired) electrons. The number of nitrogens with zero attached hydrogens (tertiary/aromatic N) is 2. The van der Waals surface area contributed by atoms with Crippen molar-refractivity contribution in [2.24, 2.45) is 16.6 Å². The Bertz CT molecular complexity index is 674. The van der Waals surface area contributed by atoms with E-state index in [2.05, 4.69) is 40.7 Å². The second-order valence-electron chi connectivity index (χ2n) is 8.74. The third kappa shape index (κ3) is 4.51. The SMILES string of the molecule is CSc1ccccc1NC(=N[C@H]1CCCC[C@@H]1N)N1CCCC2CCCCC21. The molecule has 3 fully saturated rings. The highest BCUT2D eigenvalue weighted by molar-refractivity contribution is 7.98. The number of hydrogen-bond acceptors (Lipinski definition) is 3. The van der Waals surface area contributed by atoms with Crippen molar-refractivity contribution in [3.8, 4) is 0 Å². The number of likely N-dealkylation sites (tertiary alicyclic amines) is 1. The molecule has 0 aromatic heterocycles. The van der Waals surface area contributed by atoms with E-state index >= 15 is 0 Å². The van der Waals surface area contributed by atoms with Gasteiger partial charge in [-0.25, -0.2) is 4.99 Å². The highest BCUT2D eigenvalue weighted by Crippen LogP contribution is 2.36. The first-order valence-electron chi connectivity index (χ1n) is 11.3. The Hall–Kier alpha value is -1.20.